The van der Waals surface area contributed by atoms with Crippen LogP contribution in [-0.4, -0.2) is 5.75 Å². The van der Waals surface area contributed by atoms with Crippen molar-refractivity contribution in [1.82, 2.24) is 0 Å². The van der Waals surface area contributed by atoms with Gasteiger partial charge in [-0.1, -0.05) is 28.5 Å². The Balaban J connectivity index is 3.26. The second-order valence-electron chi connectivity index (χ2n) is 2.39. The van der Waals surface area contributed by atoms with Gasteiger partial charge in [-0.05, 0) is 0 Å². The summed E-state index contributed by atoms with van der Waals surface area (Å²) in [6.07, 6.45) is 0. The Labute approximate surface area is 90.6 Å². The highest BCUT2D eigenvalue weighted by Crippen LogP contribution is 2.37. The van der Waals surface area contributed by atoms with Crippen molar-refractivity contribution in [2.75, 3.05) is 5.75 Å². The molecule has 15 heavy (non-hydrogen) atoms. The van der Waals surface area contributed by atoms with Crippen molar-refractivity contribution < 1.29 is 22.0 Å². The van der Waals surface area contributed by atoms with E-state index in [1.807, 2.05) is 0 Å². The topological polar surface area (TPSA) is 0 Å². The highest BCUT2D eigenvalue weighted by atomic mass is 33.1. The normalized spacial score (nSPS) is 10.8. The molecule has 0 fully saturated rings. The van der Waals surface area contributed by atoms with E-state index in [1.54, 1.807) is 6.92 Å². The van der Waals surface area contributed by atoms with Crippen LogP contribution in [0.25, 0.3) is 0 Å². The summed E-state index contributed by atoms with van der Waals surface area (Å²) in [5.41, 5.74) is 0. The van der Waals surface area contributed by atoms with E-state index in [0.717, 1.165) is 10.8 Å². The average Bonchev–Trinajstić information content (AvgIpc) is 2.24. The van der Waals surface area contributed by atoms with Gasteiger partial charge in [-0.2, -0.15) is 0 Å². The highest BCUT2D eigenvalue weighted by Gasteiger charge is 2.25. The summed E-state index contributed by atoms with van der Waals surface area (Å²) in [5, 5.41) is 0. The molecule has 0 aliphatic heterocycles. The molecule has 0 heterocycles. The van der Waals surface area contributed by atoms with Gasteiger partial charge in [0.1, 0.15) is 0 Å². The Morgan fingerprint density at radius 2 is 1.20 bits per heavy atom. The molecule has 0 atom stereocenters. The average molecular weight is 260 g/mol. The molecule has 0 aliphatic rings. The fourth-order valence-corrected chi connectivity index (χ4v) is 2.48. The van der Waals surface area contributed by atoms with Crippen LogP contribution < -0.4 is 0 Å². The van der Waals surface area contributed by atoms with Crippen LogP contribution in [-0.2, 0) is 0 Å². The molecule has 0 spiro atoms. The molecule has 0 saturated carbocycles. The molecule has 0 nitrogen and oxygen atoms in total. The van der Waals surface area contributed by atoms with Gasteiger partial charge in [0.05, 0.1) is 4.90 Å². The fraction of sp³-hybridized carbons (Fsp3) is 0.250. The van der Waals surface area contributed by atoms with Crippen LogP contribution in [0, 0.1) is 29.1 Å². The van der Waals surface area contributed by atoms with E-state index < -0.39 is 34.0 Å². The standard InChI is InChI=1S/C8H5F5S2/c1-2-14-15-8-6(12)4(10)3(9)5(11)7(8)13/h2H2,1H3. The molecule has 1 rings (SSSR count). The second kappa shape index (κ2) is 5.07. The number of hydrogen-bond donors (Lipinski definition) is 0. The summed E-state index contributed by atoms with van der Waals surface area (Å²) in [6.45, 7) is 1.70. The zero-order valence-corrected chi connectivity index (χ0v) is 9.05. The molecular formula is C8H5F5S2. The summed E-state index contributed by atoms with van der Waals surface area (Å²) < 4.78 is 63.8. The molecule has 0 radical (unpaired) electrons. The molecular weight excluding hydrogens is 255 g/mol. The number of hydrogen-bond acceptors (Lipinski definition) is 2. The minimum absolute atomic E-state index is 0.490. The Kier molecular flexibility index (Phi) is 4.27. The molecule has 0 unspecified atom stereocenters. The summed E-state index contributed by atoms with van der Waals surface area (Å²) in [7, 11) is 1.52. The second-order valence-corrected chi connectivity index (χ2v) is 4.98. The zero-order valence-electron chi connectivity index (χ0n) is 7.41. The maximum absolute atomic E-state index is 13.0. The van der Waals surface area contributed by atoms with Gasteiger partial charge in [-0.15, -0.1) is 0 Å². The maximum atomic E-state index is 13.0. The van der Waals surface area contributed by atoms with Gasteiger partial charge in [-0.3, -0.25) is 0 Å². The lowest BCUT2D eigenvalue weighted by Crippen LogP contribution is -2.02. The Hall–Kier alpha value is -0.430. The maximum Gasteiger partial charge on any atom is 0.200 e. The fourth-order valence-electron chi connectivity index (χ4n) is 0.776. The van der Waals surface area contributed by atoms with Crippen molar-refractivity contribution in [3.8, 4) is 0 Å². The molecule has 0 amide bonds. The molecule has 1 aromatic carbocycles. The smallest absolute Gasteiger partial charge is 0.200 e. The zero-order chi connectivity index (χ0) is 11.6. The van der Waals surface area contributed by atoms with E-state index in [9.17, 15) is 22.0 Å². The van der Waals surface area contributed by atoms with E-state index in [-0.39, 0.29) is 0 Å². The predicted molar refractivity (Wildman–Crippen MR) is 50.2 cm³/mol. The van der Waals surface area contributed by atoms with E-state index in [2.05, 4.69) is 0 Å². The predicted octanol–water partition coefficient (Wildman–Crippen LogP) is 4.14. The van der Waals surface area contributed by atoms with Crippen molar-refractivity contribution in [1.29, 1.82) is 0 Å². The van der Waals surface area contributed by atoms with Crippen LogP contribution in [0.4, 0.5) is 22.0 Å². The van der Waals surface area contributed by atoms with Crippen molar-refractivity contribution in [2.45, 2.75) is 11.8 Å². The molecule has 0 N–H and O–H groups in total. The molecule has 7 heteroatoms. The van der Waals surface area contributed by atoms with Gasteiger partial charge >= 0.3 is 0 Å². The van der Waals surface area contributed by atoms with Gasteiger partial charge in [0, 0.05) is 5.75 Å². The van der Waals surface area contributed by atoms with Gasteiger partial charge in [0.2, 0.25) is 5.82 Å². The number of halogens is 5. The van der Waals surface area contributed by atoms with E-state index in [0.29, 0.717) is 16.5 Å². The highest BCUT2D eigenvalue weighted by molar-refractivity contribution is 8.76. The first-order valence-electron chi connectivity index (χ1n) is 3.81. The summed E-state index contributed by atoms with van der Waals surface area (Å²) in [6, 6.07) is 0. The minimum atomic E-state index is -2.13. The largest absolute Gasteiger partial charge is 0.202 e. The SMILES string of the molecule is CCSSc1c(F)c(F)c(F)c(F)c1F. The van der Waals surface area contributed by atoms with Crippen molar-refractivity contribution in [2.24, 2.45) is 0 Å². The van der Waals surface area contributed by atoms with Crippen molar-refractivity contribution >= 4 is 21.6 Å². The van der Waals surface area contributed by atoms with Crippen molar-refractivity contribution in [3.05, 3.63) is 29.1 Å². The van der Waals surface area contributed by atoms with E-state index in [1.165, 1.54) is 0 Å². The lowest BCUT2D eigenvalue weighted by molar-refractivity contribution is 0.361. The Morgan fingerprint density at radius 3 is 1.60 bits per heavy atom. The van der Waals surface area contributed by atoms with Crippen LogP contribution in [0.2, 0.25) is 0 Å². The number of rotatable bonds is 3. The van der Waals surface area contributed by atoms with E-state index >= 15 is 0 Å². The van der Waals surface area contributed by atoms with Crippen LogP contribution in [0.3, 0.4) is 0 Å². The van der Waals surface area contributed by atoms with E-state index in [4.69, 9.17) is 0 Å². The third-order valence-corrected chi connectivity index (χ3v) is 3.87. The molecule has 0 aromatic heterocycles. The molecule has 0 bridgehead atoms. The van der Waals surface area contributed by atoms with Gasteiger partial charge in [0.25, 0.3) is 0 Å². The third kappa shape index (κ3) is 2.39. The first-order chi connectivity index (χ1) is 7.00. The van der Waals surface area contributed by atoms with Gasteiger partial charge in [-0.25, -0.2) is 22.0 Å². The molecule has 0 saturated heterocycles. The summed E-state index contributed by atoms with van der Waals surface area (Å²) >= 11 is 0. The molecule has 84 valence electrons. The van der Waals surface area contributed by atoms with Gasteiger partial charge < -0.3 is 0 Å². The first kappa shape index (κ1) is 12.6. The first-order valence-corrected chi connectivity index (χ1v) is 6.13. The third-order valence-electron chi connectivity index (χ3n) is 1.43. The Bertz CT molecular complexity index is 351. The lowest BCUT2D eigenvalue weighted by atomic mass is 10.3. The van der Waals surface area contributed by atoms with Crippen LogP contribution in [0.15, 0.2) is 4.90 Å². The van der Waals surface area contributed by atoms with Crippen LogP contribution in [0.5, 0.6) is 0 Å². The molecule has 0 aliphatic carbocycles. The number of benzene rings is 1. The molecule has 1 aromatic rings. The van der Waals surface area contributed by atoms with Crippen LogP contribution >= 0.6 is 21.6 Å². The van der Waals surface area contributed by atoms with Crippen LogP contribution in [0.1, 0.15) is 6.92 Å². The Morgan fingerprint density at radius 1 is 0.800 bits per heavy atom. The summed E-state index contributed by atoms with van der Waals surface area (Å²) in [5.74, 6) is -9.02. The monoisotopic (exact) mass is 260 g/mol. The minimum Gasteiger partial charge on any atom is -0.202 e. The summed E-state index contributed by atoms with van der Waals surface area (Å²) in [4.78, 5) is -0.849. The van der Waals surface area contributed by atoms with Crippen molar-refractivity contribution in [3.63, 3.8) is 0 Å². The van der Waals surface area contributed by atoms with Gasteiger partial charge in [0.15, 0.2) is 23.3 Å². The quantitative estimate of drug-likeness (QED) is 0.346. The lowest BCUT2D eigenvalue weighted by Gasteiger charge is -2.05.